The average molecular weight is 691 g/mol. The van der Waals surface area contributed by atoms with Gasteiger partial charge >= 0.3 is 19.8 Å². The van der Waals surface area contributed by atoms with Crippen molar-refractivity contribution < 1.29 is 37.9 Å². The third-order valence-electron chi connectivity index (χ3n) is 8.80. The van der Waals surface area contributed by atoms with E-state index < -0.39 is 32.5 Å². The summed E-state index contributed by atoms with van der Waals surface area (Å²) in [4.78, 5) is 42.7. The molecule has 0 aromatic rings. The summed E-state index contributed by atoms with van der Waals surface area (Å²) in [6.45, 7) is 6.04. The van der Waals surface area contributed by atoms with E-state index in [0.717, 1.165) is 44.4 Å². The second-order valence-electron chi connectivity index (χ2n) is 14.1. The van der Waals surface area contributed by atoms with Crippen molar-refractivity contribution in [3.8, 4) is 0 Å². The number of esters is 2. The number of rotatable bonds is 36. The first kappa shape index (κ1) is 46.0. The number of carbonyl (C=O) groups excluding carboxylic acids is 2. The molecule has 8 nitrogen and oxygen atoms in total. The van der Waals surface area contributed by atoms with Crippen LogP contribution >= 0.6 is 7.82 Å². The Hall–Kier alpha value is -0.950. The zero-order valence-electron chi connectivity index (χ0n) is 30.9. The van der Waals surface area contributed by atoms with Crippen LogP contribution < -0.4 is 0 Å². The Bertz CT molecular complexity index is 754. The molecule has 0 fully saturated rings. The van der Waals surface area contributed by atoms with E-state index in [4.69, 9.17) is 19.3 Å². The number of carbonyl (C=O) groups is 2. The summed E-state index contributed by atoms with van der Waals surface area (Å²) in [6.07, 6.45) is 32.5. The molecule has 0 aliphatic rings. The highest BCUT2D eigenvalue weighted by Crippen LogP contribution is 2.36. The molecule has 1 atom stereocenters. The van der Waals surface area contributed by atoms with Crippen molar-refractivity contribution in [3.05, 3.63) is 0 Å². The topological polar surface area (TPSA) is 119 Å². The molecule has 2 N–H and O–H groups in total. The molecule has 0 saturated carbocycles. The van der Waals surface area contributed by atoms with Gasteiger partial charge in [-0.25, -0.2) is 4.57 Å². The minimum atomic E-state index is -4.74. The fourth-order valence-electron chi connectivity index (χ4n) is 5.85. The van der Waals surface area contributed by atoms with Crippen molar-refractivity contribution in [2.24, 2.45) is 5.92 Å². The number of hydrogen-bond donors (Lipinski definition) is 2. The Morgan fingerprint density at radius 3 is 1.28 bits per heavy atom. The zero-order chi connectivity index (χ0) is 34.9. The molecule has 0 aromatic heterocycles. The summed E-state index contributed by atoms with van der Waals surface area (Å²) >= 11 is 0. The first-order chi connectivity index (χ1) is 22.6. The Morgan fingerprint density at radius 1 is 0.532 bits per heavy atom. The number of phosphoric acid groups is 1. The highest BCUT2D eigenvalue weighted by Gasteiger charge is 2.22. The lowest BCUT2D eigenvalue weighted by molar-refractivity contribution is -0.161. The molecule has 0 amide bonds. The third kappa shape index (κ3) is 37.7. The largest absolute Gasteiger partial charge is 0.469 e. The fraction of sp³-hybridized carbons (Fsp3) is 0.947. The molecule has 280 valence electrons. The normalized spacial score (nSPS) is 12.5. The Kier molecular flexibility index (Phi) is 32.9. The maximum absolute atomic E-state index is 12.3. The number of unbranched alkanes of at least 4 members (excludes halogenated alkanes) is 24. The van der Waals surface area contributed by atoms with Gasteiger partial charge in [-0.1, -0.05) is 181 Å². The minimum absolute atomic E-state index is 0.219. The predicted octanol–water partition coefficient (Wildman–Crippen LogP) is 11.5. The summed E-state index contributed by atoms with van der Waals surface area (Å²) in [6, 6.07) is 0. The van der Waals surface area contributed by atoms with Crippen molar-refractivity contribution in [3.63, 3.8) is 0 Å². The fourth-order valence-corrected chi connectivity index (χ4v) is 6.21. The molecule has 0 bridgehead atoms. The van der Waals surface area contributed by atoms with Gasteiger partial charge in [-0.2, -0.15) is 0 Å². The molecule has 9 heteroatoms. The molecule has 47 heavy (non-hydrogen) atoms. The van der Waals surface area contributed by atoms with Gasteiger partial charge in [-0.05, 0) is 18.8 Å². The van der Waals surface area contributed by atoms with Crippen LogP contribution in [-0.2, 0) is 28.2 Å². The SMILES string of the molecule is CCCCCCCCCCCCCCC(=O)O[C@H](COC(=O)CCCCCCCCCCCCCCCCC(C)C)COP(=O)(O)O. The van der Waals surface area contributed by atoms with Crippen LogP contribution in [0.5, 0.6) is 0 Å². The van der Waals surface area contributed by atoms with Crippen molar-refractivity contribution in [1.82, 2.24) is 0 Å². The van der Waals surface area contributed by atoms with Crippen LogP contribution in [0.2, 0.25) is 0 Å². The van der Waals surface area contributed by atoms with E-state index in [0.29, 0.717) is 6.42 Å². The van der Waals surface area contributed by atoms with Crippen LogP contribution in [-0.4, -0.2) is 41.0 Å². The predicted molar refractivity (Wildman–Crippen MR) is 193 cm³/mol. The third-order valence-corrected chi connectivity index (χ3v) is 9.29. The van der Waals surface area contributed by atoms with Gasteiger partial charge in [0.1, 0.15) is 6.61 Å². The number of hydrogen-bond acceptors (Lipinski definition) is 6. The van der Waals surface area contributed by atoms with Crippen LogP contribution in [0.1, 0.15) is 207 Å². The molecular formula is C38H75O8P. The molecule has 0 spiro atoms. The van der Waals surface area contributed by atoms with E-state index in [1.165, 1.54) is 128 Å². The van der Waals surface area contributed by atoms with E-state index >= 15 is 0 Å². The van der Waals surface area contributed by atoms with Crippen LogP contribution in [0.15, 0.2) is 0 Å². The monoisotopic (exact) mass is 691 g/mol. The van der Waals surface area contributed by atoms with Crippen LogP contribution in [0.25, 0.3) is 0 Å². The van der Waals surface area contributed by atoms with Gasteiger partial charge in [0.15, 0.2) is 6.10 Å². The van der Waals surface area contributed by atoms with E-state index in [2.05, 4.69) is 25.3 Å². The van der Waals surface area contributed by atoms with Crippen LogP contribution in [0.4, 0.5) is 0 Å². The number of phosphoric ester groups is 1. The van der Waals surface area contributed by atoms with Crippen molar-refractivity contribution in [2.45, 2.75) is 213 Å². The lowest BCUT2D eigenvalue weighted by atomic mass is 10.0. The van der Waals surface area contributed by atoms with E-state index in [1.54, 1.807) is 0 Å². The van der Waals surface area contributed by atoms with Gasteiger partial charge in [0.25, 0.3) is 0 Å². The lowest BCUT2D eigenvalue weighted by Crippen LogP contribution is -2.29. The van der Waals surface area contributed by atoms with E-state index in [9.17, 15) is 14.2 Å². The standard InChI is InChI=1S/C38H75O8P/c1-4-5-6-7-8-9-10-16-20-23-26-29-32-38(40)46-36(34-45-47(41,42)43)33-44-37(39)31-28-25-22-19-17-14-12-11-13-15-18-21-24-27-30-35(2)3/h35-36H,4-34H2,1-3H3,(H2,41,42,43)/t36-/m1/s1. The molecular weight excluding hydrogens is 615 g/mol. The van der Waals surface area contributed by atoms with Gasteiger partial charge in [0.2, 0.25) is 0 Å². The van der Waals surface area contributed by atoms with Gasteiger partial charge < -0.3 is 19.3 Å². The summed E-state index contributed by atoms with van der Waals surface area (Å²) < 4.78 is 26.3. The Balaban J connectivity index is 3.88. The first-order valence-corrected chi connectivity index (χ1v) is 21.2. The van der Waals surface area contributed by atoms with Crippen LogP contribution in [0.3, 0.4) is 0 Å². The summed E-state index contributed by atoms with van der Waals surface area (Å²) in [5.74, 6) is -0.0388. The number of ether oxygens (including phenoxy) is 2. The van der Waals surface area contributed by atoms with Gasteiger partial charge in [0.05, 0.1) is 6.61 Å². The molecule has 0 unspecified atom stereocenters. The summed E-state index contributed by atoms with van der Waals surface area (Å²) in [7, 11) is -4.74. The van der Waals surface area contributed by atoms with E-state index in [1.807, 2.05) is 0 Å². The van der Waals surface area contributed by atoms with Crippen molar-refractivity contribution >= 4 is 19.8 Å². The lowest BCUT2D eigenvalue weighted by Gasteiger charge is -2.18. The zero-order valence-corrected chi connectivity index (χ0v) is 31.8. The Labute approximate surface area is 289 Å². The highest BCUT2D eigenvalue weighted by molar-refractivity contribution is 7.46. The average Bonchev–Trinajstić information content (AvgIpc) is 3.02. The highest BCUT2D eigenvalue weighted by atomic mass is 31.2. The van der Waals surface area contributed by atoms with Gasteiger partial charge in [-0.3, -0.25) is 14.1 Å². The molecule has 0 aromatic carbocycles. The van der Waals surface area contributed by atoms with Crippen LogP contribution in [0, 0.1) is 5.92 Å². The maximum atomic E-state index is 12.3. The first-order valence-electron chi connectivity index (χ1n) is 19.7. The summed E-state index contributed by atoms with van der Waals surface area (Å²) in [5.41, 5.74) is 0. The molecule has 0 radical (unpaired) electrons. The minimum Gasteiger partial charge on any atom is -0.462 e. The second-order valence-corrected chi connectivity index (χ2v) is 15.3. The smallest absolute Gasteiger partial charge is 0.462 e. The maximum Gasteiger partial charge on any atom is 0.469 e. The second kappa shape index (κ2) is 33.5. The van der Waals surface area contributed by atoms with Gasteiger partial charge in [-0.15, -0.1) is 0 Å². The Morgan fingerprint density at radius 2 is 0.894 bits per heavy atom. The molecule has 0 rings (SSSR count). The van der Waals surface area contributed by atoms with Crippen molar-refractivity contribution in [2.75, 3.05) is 13.2 Å². The van der Waals surface area contributed by atoms with Gasteiger partial charge in [0, 0.05) is 12.8 Å². The van der Waals surface area contributed by atoms with E-state index in [-0.39, 0.29) is 19.4 Å². The summed E-state index contributed by atoms with van der Waals surface area (Å²) in [5, 5.41) is 0. The van der Waals surface area contributed by atoms with Crippen molar-refractivity contribution in [1.29, 1.82) is 0 Å². The molecule has 0 heterocycles. The molecule has 0 aliphatic heterocycles. The molecule has 0 aliphatic carbocycles. The quantitative estimate of drug-likeness (QED) is 0.0379. The molecule has 0 saturated heterocycles.